The predicted molar refractivity (Wildman–Crippen MR) is 67.3 cm³/mol. The minimum absolute atomic E-state index is 0.0559. The van der Waals surface area contributed by atoms with Gasteiger partial charge in [-0.25, -0.2) is 0 Å². The van der Waals surface area contributed by atoms with Crippen LogP contribution in [0.25, 0.3) is 0 Å². The monoisotopic (exact) mass is 267 g/mol. The van der Waals surface area contributed by atoms with Gasteiger partial charge in [-0.05, 0) is 24.6 Å². The van der Waals surface area contributed by atoms with Gasteiger partial charge in [0.25, 0.3) is 0 Å². The van der Waals surface area contributed by atoms with Gasteiger partial charge in [0.1, 0.15) is 0 Å². The first-order chi connectivity index (χ1) is 8.54. The number of aliphatic carboxylic acids is 1. The van der Waals surface area contributed by atoms with Gasteiger partial charge in [0.2, 0.25) is 5.91 Å². The summed E-state index contributed by atoms with van der Waals surface area (Å²) in [5.74, 6) is -1.75. The number of halogens is 1. The van der Waals surface area contributed by atoms with Crippen LogP contribution >= 0.6 is 11.6 Å². The van der Waals surface area contributed by atoms with Crippen LogP contribution in [0.4, 0.5) is 0 Å². The van der Waals surface area contributed by atoms with E-state index in [1.54, 1.807) is 23.1 Å². The van der Waals surface area contributed by atoms with Gasteiger partial charge in [0, 0.05) is 18.0 Å². The molecule has 1 aliphatic rings. The summed E-state index contributed by atoms with van der Waals surface area (Å²) < 4.78 is 0. The number of carbonyl (C=O) groups is 2. The number of carbonyl (C=O) groups excluding carboxylic acids is 1. The Bertz CT molecular complexity index is 489. The summed E-state index contributed by atoms with van der Waals surface area (Å²) in [5, 5.41) is 9.78. The molecule has 2 unspecified atom stereocenters. The lowest BCUT2D eigenvalue weighted by Gasteiger charge is -2.26. The standard InChI is InChI=1S/C13H14ClNO3/c1-2-15-11(16)7-10(13(17)18)12(15)8-4-3-5-9(14)6-8/h3-6,10,12H,2,7H2,1H3,(H,17,18). The van der Waals surface area contributed by atoms with E-state index in [1.165, 1.54) is 0 Å². The lowest BCUT2D eigenvalue weighted by Crippen LogP contribution is -2.30. The van der Waals surface area contributed by atoms with Crippen LogP contribution in [0.5, 0.6) is 0 Å². The highest BCUT2D eigenvalue weighted by Crippen LogP contribution is 2.38. The minimum atomic E-state index is -0.940. The number of hydrogen-bond donors (Lipinski definition) is 1. The van der Waals surface area contributed by atoms with Crippen molar-refractivity contribution in [3.05, 3.63) is 34.9 Å². The second-order valence-corrected chi connectivity index (χ2v) is 4.76. The van der Waals surface area contributed by atoms with Gasteiger partial charge in [0.05, 0.1) is 12.0 Å². The summed E-state index contributed by atoms with van der Waals surface area (Å²) in [6, 6.07) is 6.62. The van der Waals surface area contributed by atoms with E-state index in [4.69, 9.17) is 11.6 Å². The molecule has 0 bridgehead atoms. The third kappa shape index (κ3) is 2.20. The number of nitrogens with zero attached hydrogens (tertiary/aromatic N) is 1. The maximum absolute atomic E-state index is 11.8. The first kappa shape index (κ1) is 12.9. The highest BCUT2D eigenvalue weighted by Gasteiger charge is 2.43. The number of rotatable bonds is 3. The average molecular weight is 268 g/mol. The Kier molecular flexibility index (Phi) is 3.57. The summed E-state index contributed by atoms with van der Waals surface area (Å²) in [6.45, 7) is 2.35. The van der Waals surface area contributed by atoms with E-state index in [0.29, 0.717) is 11.6 Å². The van der Waals surface area contributed by atoms with Crippen LogP contribution in [0.15, 0.2) is 24.3 Å². The van der Waals surface area contributed by atoms with Gasteiger partial charge in [0.15, 0.2) is 0 Å². The number of carboxylic acids is 1. The number of carboxylic acid groups (broad SMARTS) is 1. The zero-order valence-electron chi connectivity index (χ0n) is 9.97. The molecule has 0 aromatic heterocycles. The minimum Gasteiger partial charge on any atom is -0.481 e. The van der Waals surface area contributed by atoms with Crippen molar-refractivity contribution in [2.45, 2.75) is 19.4 Å². The largest absolute Gasteiger partial charge is 0.481 e. The normalized spacial score (nSPS) is 23.4. The fourth-order valence-corrected chi connectivity index (χ4v) is 2.69. The maximum Gasteiger partial charge on any atom is 0.309 e. The Morgan fingerprint density at radius 1 is 1.56 bits per heavy atom. The predicted octanol–water partition coefficient (Wildman–Crippen LogP) is 2.33. The molecule has 1 saturated heterocycles. The summed E-state index contributed by atoms with van der Waals surface area (Å²) in [7, 11) is 0. The summed E-state index contributed by atoms with van der Waals surface area (Å²) in [5.41, 5.74) is 0.780. The molecule has 5 heteroatoms. The van der Waals surface area contributed by atoms with E-state index in [0.717, 1.165) is 5.56 Å². The number of amides is 1. The Hall–Kier alpha value is -1.55. The molecule has 0 radical (unpaired) electrons. The molecular formula is C13H14ClNO3. The van der Waals surface area contributed by atoms with Crippen molar-refractivity contribution in [1.29, 1.82) is 0 Å². The highest BCUT2D eigenvalue weighted by atomic mass is 35.5. The first-order valence-electron chi connectivity index (χ1n) is 5.82. The molecule has 2 atom stereocenters. The molecule has 18 heavy (non-hydrogen) atoms. The van der Waals surface area contributed by atoms with Crippen LogP contribution in [0, 0.1) is 5.92 Å². The van der Waals surface area contributed by atoms with Crippen LogP contribution in [0.3, 0.4) is 0 Å². The zero-order chi connectivity index (χ0) is 13.3. The third-order valence-electron chi connectivity index (χ3n) is 3.28. The molecule has 96 valence electrons. The van der Waals surface area contributed by atoms with Crippen molar-refractivity contribution < 1.29 is 14.7 Å². The second-order valence-electron chi connectivity index (χ2n) is 4.33. The molecule has 4 nitrogen and oxygen atoms in total. The van der Waals surface area contributed by atoms with Gasteiger partial charge in [-0.15, -0.1) is 0 Å². The fraction of sp³-hybridized carbons (Fsp3) is 0.385. The van der Waals surface area contributed by atoms with E-state index < -0.39 is 17.9 Å². The van der Waals surface area contributed by atoms with E-state index in [9.17, 15) is 14.7 Å². The molecule has 2 rings (SSSR count). The van der Waals surface area contributed by atoms with Crippen LogP contribution in [0.2, 0.25) is 5.02 Å². The van der Waals surface area contributed by atoms with Crippen molar-refractivity contribution in [2.24, 2.45) is 5.92 Å². The van der Waals surface area contributed by atoms with Crippen molar-refractivity contribution in [3.63, 3.8) is 0 Å². The van der Waals surface area contributed by atoms with Crippen molar-refractivity contribution in [1.82, 2.24) is 4.90 Å². The van der Waals surface area contributed by atoms with Crippen LogP contribution < -0.4 is 0 Å². The summed E-state index contributed by atoms with van der Waals surface area (Å²) in [4.78, 5) is 24.7. The molecule has 1 aromatic rings. The first-order valence-corrected chi connectivity index (χ1v) is 6.20. The third-order valence-corrected chi connectivity index (χ3v) is 3.51. The smallest absolute Gasteiger partial charge is 0.309 e. The molecular weight excluding hydrogens is 254 g/mol. The van der Waals surface area contributed by atoms with Gasteiger partial charge in [-0.1, -0.05) is 23.7 Å². The Morgan fingerprint density at radius 3 is 2.83 bits per heavy atom. The molecule has 0 saturated carbocycles. The quantitative estimate of drug-likeness (QED) is 0.914. The topological polar surface area (TPSA) is 57.6 Å². The lowest BCUT2D eigenvalue weighted by atomic mass is 9.94. The molecule has 1 amide bonds. The number of hydrogen-bond acceptors (Lipinski definition) is 2. The van der Waals surface area contributed by atoms with Crippen molar-refractivity contribution >= 4 is 23.5 Å². The Balaban J connectivity index is 2.42. The molecule has 1 fully saturated rings. The molecule has 0 aliphatic carbocycles. The van der Waals surface area contributed by atoms with Crippen molar-refractivity contribution in [2.75, 3.05) is 6.54 Å². The van der Waals surface area contributed by atoms with Gasteiger partial charge >= 0.3 is 5.97 Å². The Morgan fingerprint density at radius 2 is 2.28 bits per heavy atom. The summed E-state index contributed by atoms with van der Waals surface area (Å²) in [6.07, 6.45) is 0.0559. The Labute approximate surface area is 110 Å². The average Bonchev–Trinajstić information content (AvgIpc) is 2.66. The molecule has 1 aliphatic heterocycles. The van der Waals surface area contributed by atoms with E-state index >= 15 is 0 Å². The van der Waals surface area contributed by atoms with Gasteiger partial charge < -0.3 is 10.0 Å². The maximum atomic E-state index is 11.8. The molecule has 0 spiro atoms. The highest BCUT2D eigenvalue weighted by molar-refractivity contribution is 6.30. The van der Waals surface area contributed by atoms with Gasteiger partial charge in [-0.3, -0.25) is 9.59 Å². The van der Waals surface area contributed by atoms with Crippen LogP contribution in [-0.4, -0.2) is 28.4 Å². The lowest BCUT2D eigenvalue weighted by molar-refractivity contribution is -0.142. The number of likely N-dealkylation sites (tertiary alicyclic amines) is 1. The van der Waals surface area contributed by atoms with Crippen LogP contribution in [-0.2, 0) is 9.59 Å². The van der Waals surface area contributed by atoms with E-state index in [2.05, 4.69) is 0 Å². The number of benzene rings is 1. The van der Waals surface area contributed by atoms with E-state index in [1.807, 2.05) is 13.0 Å². The fourth-order valence-electron chi connectivity index (χ4n) is 2.49. The molecule has 1 heterocycles. The van der Waals surface area contributed by atoms with Crippen molar-refractivity contribution in [3.8, 4) is 0 Å². The zero-order valence-corrected chi connectivity index (χ0v) is 10.7. The van der Waals surface area contributed by atoms with Gasteiger partial charge in [-0.2, -0.15) is 0 Å². The van der Waals surface area contributed by atoms with E-state index in [-0.39, 0.29) is 12.3 Å². The molecule has 1 aromatic carbocycles. The SMILES string of the molecule is CCN1C(=O)CC(C(=O)O)C1c1cccc(Cl)c1. The molecule has 1 N–H and O–H groups in total. The van der Waals surface area contributed by atoms with Crippen LogP contribution in [0.1, 0.15) is 24.9 Å². The summed E-state index contributed by atoms with van der Waals surface area (Å²) >= 11 is 5.93. The second kappa shape index (κ2) is 4.98.